The summed E-state index contributed by atoms with van der Waals surface area (Å²) in [4.78, 5) is 27.8. The third kappa shape index (κ3) is 4.89. The summed E-state index contributed by atoms with van der Waals surface area (Å²) in [6.45, 7) is 2.27. The lowest BCUT2D eigenvalue weighted by Crippen LogP contribution is -2.42. The molecule has 0 unspecified atom stereocenters. The molecule has 0 spiro atoms. The zero-order valence-electron chi connectivity index (χ0n) is 16.5. The topological polar surface area (TPSA) is 62.2 Å². The SMILES string of the molecule is CCC(=O)N(CCOC)CC(=O)N1N=C(c2cccs2)C[C@@H]1c1ccccc1F. The average Bonchev–Trinajstić information content (AvgIpc) is 3.40. The summed E-state index contributed by atoms with van der Waals surface area (Å²) in [5.74, 6) is -0.860. The van der Waals surface area contributed by atoms with E-state index in [1.54, 1.807) is 32.2 Å². The highest BCUT2D eigenvalue weighted by Gasteiger charge is 2.35. The predicted octanol–water partition coefficient (Wildman–Crippen LogP) is 3.45. The number of hydrogen-bond acceptors (Lipinski definition) is 5. The molecule has 0 bridgehead atoms. The second kappa shape index (κ2) is 9.76. The van der Waals surface area contributed by atoms with Gasteiger partial charge in [0.05, 0.1) is 23.2 Å². The number of ether oxygens (including phenoxy) is 1. The van der Waals surface area contributed by atoms with E-state index < -0.39 is 6.04 Å². The molecule has 2 heterocycles. The largest absolute Gasteiger partial charge is 0.383 e. The molecule has 1 aromatic heterocycles. The first-order chi connectivity index (χ1) is 14.0. The molecule has 1 atom stereocenters. The van der Waals surface area contributed by atoms with Gasteiger partial charge in [-0.05, 0) is 17.5 Å². The van der Waals surface area contributed by atoms with Crippen LogP contribution in [0.25, 0.3) is 0 Å². The molecule has 6 nitrogen and oxygen atoms in total. The van der Waals surface area contributed by atoms with Gasteiger partial charge in [-0.25, -0.2) is 9.40 Å². The van der Waals surface area contributed by atoms with Gasteiger partial charge >= 0.3 is 0 Å². The van der Waals surface area contributed by atoms with E-state index in [1.165, 1.54) is 27.3 Å². The molecule has 1 aliphatic rings. The molecular weight excluding hydrogens is 393 g/mol. The quantitative estimate of drug-likeness (QED) is 0.661. The van der Waals surface area contributed by atoms with Crippen molar-refractivity contribution in [3.63, 3.8) is 0 Å². The van der Waals surface area contributed by atoms with Gasteiger partial charge in [-0.3, -0.25) is 9.59 Å². The second-order valence-corrected chi connectivity index (χ2v) is 7.61. The normalized spacial score (nSPS) is 16.0. The van der Waals surface area contributed by atoms with E-state index in [-0.39, 0.29) is 30.6 Å². The number of benzene rings is 1. The van der Waals surface area contributed by atoms with Gasteiger partial charge in [0, 0.05) is 32.1 Å². The fraction of sp³-hybridized carbons (Fsp3) is 0.381. The van der Waals surface area contributed by atoms with Crippen molar-refractivity contribution in [1.82, 2.24) is 9.91 Å². The summed E-state index contributed by atoms with van der Waals surface area (Å²) in [6.07, 6.45) is 0.713. The Hall–Kier alpha value is -2.58. The number of hydrogen-bond donors (Lipinski definition) is 0. The maximum Gasteiger partial charge on any atom is 0.262 e. The van der Waals surface area contributed by atoms with Gasteiger partial charge in [0.25, 0.3) is 5.91 Å². The van der Waals surface area contributed by atoms with Gasteiger partial charge in [0.15, 0.2) is 0 Å². The molecule has 3 rings (SSSR count). The zero-order chi connectivity index (χ0) is 20.8. The van der Waals surface area contributed by atoms with Crippen molar-refractivity contribution < 1.29 is 18.7 Å². The molecule has 8 heteroatoms. The minimum Gasteiger partial charge on any atom is -0.383 e. The van der Waals surface area contributed by atoms with Crippen molar-refractivity contribution in [2.75, 3.05) is 26.8 Å². The summed E-state index contributed by atoms with van der Waals surface area (Å²) in [6, 6.07) is 9.73. The molecule has 0 saturated heterocycles. The Morgan fingerprint density at radius 1 is 1.31 bits per heavy atom. The summed E-state index contributed by atoms with van der Waals surface area (Å²) in [7, 11) is 1.54. The van der Waals surface area contributed by atoms with Gasteiger partial charge in [-0.1, -0.05) is 31.2 Å². The van der Waals surface area contributed by atoms with E-state index in [4.69, 9.17) is 4.74 Å². The van der Waals surface area contributed by atoms with Crippen LogP contribution in [0, 0.1) is 5.82 Å². The average molecular weight is 418 g/mol. The Kier molecular flexibility index (Phi) is 7.11. The molecule has 2 amide bonds. The van der Waals surface area contributed by atoms with Crippen LogP contribution in [-0.4, -0.2) is 54.2 Å². The number of amides is 2. The second-order valence-electron chi connectivity index (χ2n) is 6.67. The van der Waals surface area contributed by atoms with E-state index >= 15 is 0 Å². The standard InChI is InChI=1S/C21H24FN3O3S/c1-3-20(26)24(10-11-28-2)14-21(27)25-18(15-7-4-5-8-16(15)22)13-17(23-25)19-9-6-12-29-19/h4-9,12,18H,3,10-11,13-14H2,1-2H3/t18-/m1/s1. The number of halogens is 1. The smallest absolute Gasteiger partial charge is 0.262 e. The van der Waals surface area contributed by atoms with Crippen molar-refractivity contribution in [1.29, 1.82) is 0 Å². The van der Waals surface area contributed by atoms with Crippen molar-refractivity contribution >= 4 is 28.9 Å². The predicted molar refractivity (Wildman–Crippen MR) is 110 cm³/mol. The molecule has 1 aromatic carbocycles. The highest BCUT2D eigenvalue weighted by Crippen LogP contribution is 2.35. The fourth-order valence-corrected chi connectivity index (χ4v) is 3.99. The third-order valence-corrected chi connectivity index (χ3v) is 5.70. The Bertz CT molecular complexity index is 885. The molecule has 0 radical (unpaired) electrons. The van der Waals surface area contributed by atoms with Crippen LogP contribution in [0.15, 0.2) is 46.9 Å². The summed E-state index contributed by atoms with van der Waals surface area (Å²) >= 11 is 1.53. The summed E-state index contributed by atoms with van der Waals surface area (Å²) < 4.78 is 19.5. The highest BCUT2D eigenvalue weighted by molar-refractivity contribution is 7.12. The molecular formula is C21H24FN3O3S. The van der Waals surface area contributed by atoms with Crippen molar-refractivity contribution in [3.8, 4) is 0 Å². The minimum absolute atomic E-state index is 0.123. The number of thiophene rings is 1. The van der Waals surface area contributed by atoms with Crippen LogP contribution in [0.4, 0.5) is 4.39 Å². The number of rotatable bonds is 8. The summed E-state index contributed by atoms with van der Waals surface area (Å²) in [5.41, 5.74) is 1.16. The fourth-order valence-electron chi connectivity index (χ4n) is 3.27. The first-order valence-electron chi connectivity index (χ1n) is 9.49. The van der Waals surface area contributed by atoms with Crippen LogP contribution in [0.2, 0.25) is 0 Å². The Morgan fingerprint density at radius 3 is 2.76 bits per heavy atom. The maximum atomic E-state index is 14.5. The molecule has 0 aliphatic carbocycles. The molecule has 1 aliphatic heterocycles. The minimum atomic E-state index is -0.540. The lowest BCUT2D eigenvalue weighted by atomic mass is 10.0. The molecule has 2 aromatic rings. The van der Waals surface area contributed by atoms with E-state index in [0.717, 1.165) is 10.6 Å². The van der Waals surface area contributed by atoms with Crippen LogP contribution >= 0.6 is 11.3 Å². The van der Waals surface area contributed by atoms with Crippen LogP contribution in [0.3, 0.4) is 0 Å². The van der Waals surface area contributed by atoms with Crippen molar-refractivity contribution in [3.05, 3.63) is 58.0 Å². The van der Waals surface area contributed by atoms with Crippen molar-refractivity contribution in [2.45, 2.75) is 25.8 Å². The Morgan fingerprint density at radius 2 is 2.10 bits per heavy atom. The Labute approximate surface area is 173 Å². The third-order valence-electron chi connectivity index (χ3n) is 4.78. The van der Waals surface area contributed by atoms with Gasteiger partial charge in [0.1, 0.15) is 12.4 Å². The Balaban J connectivity index is 1.87. The zero-order valence-corrected chi connectivity index (χ0v) is 17.3. The van der Waals surface area contributed by atoms with Crippen LogP contribution in [0.1, 0.15) is 36.2 Å². The summed E-state index contributed by atoms with van der Waals surface area (Å²) in [5, 5.41) is 7.79. The van der Waals surface area contributed by atoms with Gasteiger partial charge < -0.3 is 9.64 Å². The molecule has 29 heavy (non-hydrogen) atoms. The van der Waals surface area contributed by atoms with Gasteiger partial charge in [-0.15, -0.1) is 11.3 Å². The maximum absolute atomic E-state index is 14.5. The lowest BCUT2D eigenvalue weighted by Gasteiger charge is -2.27. The van der Waals surface area contributed by atoms with E-state index in [0.29, 0.717) is 25.1 Å². The lowest BCUT2D eigenvalue weighted by molar-refractivity contribution is -0.142. The highest BCUT2D eigenvalue weighted by atomic mass is 32.1. The number of nitrogens with zero attached hydrogens (tertiary/aromatic N) is 3. The molecule has 0 fully saturated rings. The van der Waals surface area contributed by atoms with Gasteiger partial charge in [-0.2, -0.15) is 5.10 Å². The number of carbonyl (C=O) groups excluding carboxylic acids is 2. The molecule has 0 N–H and O–H groups in total. The van der Waals surface area contributed by atoms with Crippen LogP contribution < -0.4 is 0 Å². The van der Waals surface area contributed by atoms with Crippen LogP contribution in [-0.2, 0) is 14.3 Å². The molecule has 0 saturated carbocycles. The number of carbonyl (C=O) groups is 2. The van der Waals surface area contributed by atoms with E-state index in [1.807, 2.05) is 17.5 Å². The number of hydrazone groups is 1. The monoisotopic (exact) mass is 417 g/mol. The van der Waals surface area contributed by atoms with E-state index in [9.17, 15) is 14.0 Å². The number of methoxy groups -OCH3 is 1. The van der Waals surface area contributed by atoms with Crippen molar-refractivity contribution in [2.24, 2.45) is 5.10 Å². The first kappa shape index (κ1) is 21.1. The molecule has 154 valence electrons. The van der Waals surface area contributed by atoms with E-state index in [2.05, 4.69) is 5.10 Å². The first-order valence-corrected chi connectivity index (χ1v) is 10.4. The van der Waals surface area contributed by atoms with Gasteiger partial charge in [0.2, 0.25) is 5.91 Å². The van der Waals surface area contributed by atoms with Crippen LogP contribution in [0.5, 0.6) is 0 Å².